The third-order valence-corrected chi connectivity index (χ3v) is 3.17. The highest BCUT2D eigenvalue weighted by atomic mass is 16.2. The summed E-state index contributed by atoms with van der Waals surface area (Å²) in [5, 5.41) is 10.6. The molecule has 1 aromatic rings. The second-order valence-electron chi connectivity index (χ2n) is 6.50. The van der Waals surface area contributed by atoms with E-state index in [2.05, 4.69) is 21.3 Å². The second-order valence-corrected chi connectivity index (χ2v) is 6.50. The zero-order chi connectivity index (χ0) is 18.3. The maximum Gasteiger partial charge on any atom is 0.321 e. The number of urea groups is 1. The number of hydrogen-bond acceptors (Lipinski definition) is 4. The van der Waals surface area contributed by atoms with Gasteiger partial charge in [-0.2, -0.15) is 0 Å². The fourth-order valence-electron chi connectivity index (χ4n) is 1.71. The normalized spacial score (nSPS) is 12.0. The molecule has 0 aliphatic rings. The van der Waals surface area contributed by atoms with Gasteiger partial charge in [0.05, 0.1) is 0 Å². The van der Waals surface area contributed by atoms with Crippen LogP contribution in [0.1, 0.15) is 34.6 Å². The zero-order valence-corrected chi connectivity index (χ0v) is 14.8. The van der Waals surface area contributed by atoms with Gasteiger partial charge in [-0.05, 0) is 38.1 Å². The summed E-state index contributed by atoms with van der Waals surface area (Å²) in [6, 6.07) is 5.92. The van der Waals surface area contributed by atoms with E-state index < -0.39 is 23.4 Å². The lowest BCUT2D eigenvalue weighted by atomic mass is 9.95. The third-order valence-electron chi connectivity index (χ3n) is 3.17. The fraction of sp³-hybridized carbons (Fsp3) is 0.471. The van der Waals surface area contributed by atoms with Crippen LogP contribution in [0.3, 0.4) is 0 Å². The van der Waals surface area contributed by atoms with Crippen molar-refractivity contribution >= 4 is 29.2 Å². The molecule has 0 fully saturated rings. The SMILES string of the molecule is CCNC(=O)NC(=O)[C@H](C)Nc1ccc(NC(=O)C(C)(C)C)cc1. The molecule has 0 bridgehead atoms. The molecule has 0 unspecified atom stereocenters. The van der Waals surface area contributed by atoms with Crippen molar-refractivity contribution in [2.45, 2.75) is 40.7 Å². The van der Waals surface area contributed by atoms with Crippen molar-refractivity contribution < 1.29 is 14.4 Å². The monoisotopic (exact) mass is 334 g/mol. The van der Waals surface area contributed by atoms with E-state index in [1.165, 1.54) is 0 Å². The molecule has 1 atom stereocenters. The van der Waals surface area contributed by atoms with Gasteiger partial charge in [-0.15, -0.1) is 0 Å². The predicted octanol–water partition coefficient (Wildman–Crippen LogP) is 2.32. The van der Waals surface area contributed by atoms with Gasteiger partial charge in [0.25, 0.3) is 0 Å². The zero-order valence-electron chi connectivity index (χ0n) is 14.8. The number of rotatable bonds is 5. The van der Waals surface area contributed by atoms with Crippen LogP contribution >= 0.6 is 0 Å². The maximum atomic E-state index is 11.9. The number of amides is 4. The van der Waals surface area contributed by atoms with E-state index >= 15 is 0 Å². The van der Waals surface area contributed by atoms with E-state index in [-0.39, 0.29) is 5.91 Å². The molecule has 132 valence electrons. The summed E-state index contributed by atoms with van der Waals surface area (Å²) in [5.74, 6) is -0.496. The van der Waals surface area contributed by atoms with Crippen molar-refractivity contribution in [3.8, 4) is 0 Å². The molecule has 4 amide bonds. The molecular weight excluding hydrogens is 308 g/mol. The lowest BCUT2D eigenvalue weighted by Crippen LogP contribution is -2.45. The molecule has 0 heterocycles. The largest absolute Gasteiger partial charge is 0.374 e. The van der Waals surface area contributed by atoms with Crippen molar-refractivity contribution in [1.82, 2.24) is 10.6 Å². The predicted molar refractivity (Wildman–Crippen MR) is 94.8 cm³/mol. The van der Waals surface area contributed by atoms with Gasteiger partial charge in [-0.25, -0.2) is 4.79 Å². The summed E-state index contributed by atoms with van der Waals surface area (Å²) in [5.41, 5.74) is 0.921. The summed E-state index contributed by atoms with van der Waals surface area (Å²) in [7, 11) is 0. The average Bonchev–Trinajstić information content (AvgIpc) is 2.48. The Bertz CT molecular complexity index is 591. The Kier molecular flexibility index (Phi) is 6.76. The van der Waals surface area contributed by atoms with E-state index in [4.69, 9.17) is 0 Å². The maximum absolute atomic E-state index is 11.9. The van der Waals surface area contributed by atoms with Crippen molar-refractivity contribution in [2.75, 3.05) is 17.2 Å². The molecule has 1 rings (SSSR count). The molecule has 24 heavy (non-hydrogen) atoms. The Morgan fingerprint density at radius 1 is 1.04 bits per heavy atom. The number of carbonyl (C=O) groups is 3. The van der Waals surface area contributed by atoms with Crippen LogP contribution in [-0.4, -0.2) is 30.4 Å². The Morgan fingerprint density at radius 3 is 2.08 bits per heavy atom. The van der Waals surface area contributed by atoms with Crippen LogP contribution in [-0.2, 0) is 9.59 Å². The number of carbonyl (C=O) groups excluding carboxylic acids is 3. The molecule has 0 radical (unpaired) electrons. The van der Waals surface area contributed by atoms with Crippen LogP contribution in [0.2, 0.25) is 0 Å². The molecule has 7 heteroatoms. The Labute approximate surface area is 142 Å². The molecule has 4 N–H and O–H groups in total. The van der Waals surface area contributed by atoms with Crippen LogP contribution in [0.5, 0.6) is 0 Å². The van der Waals surface area contributed by atoms with Gasteiger partial charge < -0.3 is 16.0 Å². The van der Waals surface area contributed by atoms with Crippen LogP contribution in [0.15, 0.2) is 24.3 Å². The summed E-state index contributed by atoms with van der Waals surface area (Å²) in [4.78, 5) is 35.1. The fourth-order valence-corrected chi connectivity index (χ4v) is 1.71. The Balaban J connectivity index is 2.59. The van der Waals surface area contributed by atoms with Crippen LogP contribution in [0.25, 0.3) is 0 Å². The molecule has 0 spiro atoms. The highest BCUT2D eigenvalue weighted by Gasteiger charge is 2.21. The molecule has 0 aliphatic heterocycles. The van der Waals surface area contributed by atoms with E-state index in [1.54, 1.807) is 38.1 Å². The second kappa shape index (κ2) is 8.33. The van der Waals surface area contributed by atoms with E-state index in [9.17, 15) is 14.4 Å². The third kappa shape index (κ3) is 6.28. The number of imide groups is 1. The van der Waals surface area contributed by atoms with Gasteiger partial charge in [0.2, 0.25) is 11.8 Å². The molecule has 0 saturated carbocycles. The Morgan fingerprint density at radius 2 is 1.58 bits per heavy atom. The minimum absolute atomic E-state index is 0.0714. The van der Waals surface area contributed by atoms with E-state index in [0.29, 0.717) is 17.9 Å². The van der Waals surface area contributed by atoms with Crippen LogP contribution in [0.4, 0.5) is 16.2 Å². The average molecular weight is 334 g/mol. The molecule has 0 aromatic heterocycles. The summed E-state index contributed by atoms with van der Waals surface area (Å²) in [6.45, 7) is 9.39. The standard InChI is InChI=1S/C17H26N4O3/c1-6-18-16(24)21-14(22)11(2)19-12-7-9-13(10-8-12)20-15(23)17(3,4)5/h7-11,19H,6H2,1-5H3,(H,20,23)(H2,18,21,22,24)/t11-/m0/s1. The Hall–Kier alpha value is -2.57. The molecule has 7 nitrogen and oxygen atoms in total. The molecule has 0 saturated heterocycles. The summed E-state index contributed by atoms with van der Waals surface area (Å²) < 4.78 is 0. The smallest absolute Gasteiger partial charge is 0.321 e. The van der Waals surface area contributed by atoms with Crippen molar-refractivity contribution in [3.05, 3.63) is 24.3 Å². The van der Waals surface area contributed by atoms with Crippen molar-refractivity contribution in [1.29, 1.82) is 0 Å². The van der Waals surface area contributed by atoms with E-state index in [1.807, 2.05) is 20.8 Å². The number of anilines is 2. The minimum atomic E-state index is -0.581. The van der Waals surface area contributed by atoms with Gasteiger partial charge in [-0.3, -0.25) is 14.9 Å². The van der Waals surface area contributed by atoms with Crippen molar-refractivity contribution in [3.63, 3.8) is 0 Å². The van der Waals surface area contributed by atoms with Gasteiger partial charge in [0.1, 0.15) is 6.04 Å². The van der Waals surface area contributed by atoms with Gasteiger partial charge >= 0.3 is 6.03 Å². The van der Waals surface area contributed by atoms with Gasteiger partial charge in [0, 0.05) is 23.3 Å². The first kappa shape index (κ1) is 19.5. The molecule has 0 aliphatic carbocycles. The number of benzene rings is 1. The van der Waals surface area contributed by atoms with E-state index in [0.717, 1.165) is 0 Å². The van der Waals surface area contributed by atoms with Gasteiger partial charge in [-0.1, -0.05) is 20.8 Å². The highest BCUT2D eigenvalue weighted by molar-refractivity contribution is 5.98. The topological polar surface area (TPSA) is 99.3 Å². The quantitative estimate of drug-likeness (QED) is 0.664. The summed E-state index contributed by atoms with van der Waals surface area (Å²) in [6.07, 6.45) is 0. The molecule has 1 aromatic carbocycles. The minimum Gasteiger partial charge on any atom is -0.374 e. The van der Waals surface area contributed by atoms with Crippen LogP contribution in [0, 0.1) is 5.41 Å². The first-order valence-corrected chi connectivity index (χ1v) is 7.90. The van der Waals surface area contributed by atoms with Crippen LogP contribution < -0.4 is 21.3 Å². The summed E-state index contributed by atoms with van der Waals surface area (Å²) >= 11 is 0. The molecular formula is C17H26N4O3. The first-order valence-electron chi connectivity index (χ1n) is 7.90. The lowest BCUT2D eigenvalue weighted by molar-refractivity contribution is -0.123. The number of hydrogen-bond donors (Lipinski definition) is 4. The first-order chi connectivity index (χ1) is 11.1. The van der Waals surface area contributed by atoms with Crippen molar-refractivity contribution in [2.24, 2.45) is 5.41 Å². The number of nitrogens with one attached hydrogen (secondary N) is 4. The highest BCUT2D eigenvalue weighted by Crippen LogP contribution is 2.19. The lowest BCUT2D eigenvalue weighted by Gasteiger charge is -2.18. The van der Waals surface area contributed by atoms with Gasteiger partial charge in [0.15, 0.2) is 0 Å².